The SMILES string of the molecule is CCC(CO)(CO)Nc1ncccc1N. The molecule has 0 fully saturated rings. The zero-order valence-electron chi connectivity index (χ0n) is 8.77. The van der Waals surface area contributed by atoms with Gasteiger partial charge in [0, 0.05) is 6.20 Å². The van der Waals surface area contributed by atoms with E-state index >= 15 is 0 Å². The monoisotopic (exact) mass is 211 g/mol. The number of nitrogens with one attached hydrogen (secondary N) is 1. The van der Waals surface area contributed by atoms with Crippen molar-refractivity contribution >= 4 is 11.5 Å². The Morgan fingerprint density at radius 1 is 1.47 bits per heavy atom. The third kappa shape index (κ3) is 2.57. The molecule has 0 aliphatic rings. The second-order valence-corrected chi connectivity index (χ2v) is 3.52. The van der Waals surface area contributed by atoms with E-state index in [2.05, 4.69) is 10.3 Å². The predicted octanol–water partition coefficient (Wildman–Crippen LogP) is 0.209. The Balaban J connectivity index is 2.88. The smallest absolute Gasteiger partial charge is 0.149 e. The number of nitrogens with two attached hydrogens (primary N) is 1. The van der Waals surface area contributed by atoms with Crippen molar-refractivity contribution in [3.63, 3.8) is 0 Å². The lowest BCUT2D eigenvalue weighted by atomic mass is 9.98. The van der Waals surface area contributed by atoms with Gasteiger partial charge in [-0.25, -0.2) is 4.98 Å². The highest BCUT2D eigenvalue weighted by Crippen LogP contribution is 2.20. The highest BCUT2D eigenvalue weighted by atomic mass is 16.3. The van der Waals surface area contributed by atoms with Gasteiger partial charge in [-0.05, 0) is 18.6 Å². The number of pyridine rings is 1. The summed E-state index contributed by atoms with van der Waals surface area (Å²) in [5, 5.41) is 21.4. The first-order valence-electron chi connectivity index (χ1n) is 4.88. The summed E-state index contributed by atoms with van der Waals surface area (Å²) in [6.07, 6.45) is 2.18. The summed E-state index contributed by atoms with van der Waals surface area (Å²) in [4.78, 5) is 4.05. The van der Waals surface area contributed by atoms with Crippen molar-refractivity contribution < 1.29 is 10.2 Å². The third-order valence-corrected chi connectivity index (χ3v) is 2.50. The Bertz CT molecular complexity index is 305. The van der Waals surface area contributed by atoms with Crippen molar-refractivity contribution in [3.05, 3.63) is 18.3 Å². The van der Waals surface area contributed by atoms with E-state index in [4.69, 9.17) is 5.73 Å². The molecule has 1 aromatic heterocycles. The molecule has 0 saturated heterocycles. The number of hydrogen-bond donors (Lipinski definition) is 4. The summed E-state index contributed by atoms with van der Waals surface area (Å²) in [6.45, 7) is 1.53. The second-order valence-electron chi connectivity index (χ2n) is 3.52. The molecular formula is C10H17N3O2. The topological polar surface area (TPSA) is 91.4 Å². The largest absolute Gasteiger partial charge is 0.396 e. The molecule has 1 rings (SSSR count). The van der Waals surface area contributed by atoms with E-state index in [1.165, 1.54) is 0 Å². The molecule has 0 spiro atoms. The number of anilines is 2. The number of aromatic nitrogens is 1. The molecule has 0 aromatic carbocycles. The molecule has 0 amide bonds. The number of hydrogen-bond acceptors (Lipinski definition) is 5. The molecule has 84 valence electrons. The molecular weight excluding hydrogens is 194 g/mol. The standard InChI is InChI=1S/C10H17N3O2/c1-2-10(6-14,7-15)13-9-8(11)4-3-5-12-9/h3-5,14-15H,2,6-7,11H2,1H3,(H,12,13). The van der Waals surface area contributed by atoms with Crippen LogP contribution < -0.4 is 11.1 Å². The highest BCUT2D eigenvalue weighted by Gasteiger charge is 2.27. The maximum Gasteiger partial charge on any atom is 0.149 e. The van der Waals surface area contributed by atoms with E-state index in [0.717, 1.165) is 0 Å². The van der Waals surface area contributed by atoms with E-state index in [-0.39, 0.29) is 13.2 Å². The Hall–Kier alpha value is -1.33. The van der Waals surface area contributed by atoms with Crippen LogP contribution in [0.25, 0.3) is 0 Å². The average molecular weight is 211 g/mol. The van der Waals surface area contributed by atoms with Crippen LogP contribution in [0.1, 0.15) is 13.3 Å². The molecule has 1 aromatic rings. The Morgan fingerprint density at radius 2 is 2.13 bits per heavy atom. The molecule has 15 heavy (non-hydrogen) atoms. The zero-order valence-corrected chi connectivity index (χ0v) is 8.77. The van der Waals surface area contributed by atoms with Crippen LogP contribution in [0.4, 0.5) is 11.5 Å². The van der Waals surface area contributed by atoms with E-state index < -0.39 is 5.54 Å². The van der Waals surface area contributed by atoms with Crippen LogP contribution in [0.2, 0.25) is 0 Å². The third-order valence-electron chi connectivity index (χ3n) is 2.50. The maximum absolute atomic E-state index is 9.24. The van der Waals surface area contributed by atoms with E-state index in [0.29, 0.717) is 17.9 Å². The first-order chi connectivity index (χ1) is 7.17. The number of rotatable bonds is 5. The molecule has 0 saturated carbocycles. The fourth-order valence-electron chi connectivity index (χ4n) is 1.21. The molecule has 5 N–H and O–H groups in total. The van der Waals surface area contributed by atoms with E-state index in [1.54, 1.807) is 18.3 Å². The van der Waals surface area contributed by atoms with Crippen LogP contribution in [0, 0.1) is 0 Å². The number of nitrogen functional groups attached to an aromatic ring is 1. The molecule has 0 radical (unpaired) electrons. The molecule has 0 unspecified atom stereocenters. The summed E-state index contributed by atoms with van der Waals surface area (Å²) in [5.41, 5.74) is 5.44. The summed E-state index contributed by atoms with van der Waals surface area (Å²) in [6, 6.07) is 3.44. The molecule has 1 heterocycles. The highest BCUT2D eigenvalue weighted by molar-refractivity contribution is 5.61. The molecule has 5 heteroatoms. The van der Waals surface area contributed by atoms with Gasteiger partial charge in [-0.1, -0.05) is 6.92 Å². The fourth-order valence-corrected chi connectivity index (χ4v) is 1.21. The number of aliphatic hydroxyl groups excluding tert-OH is 2. The Labute approximate surface area is 89.0 Å². The first-order valence-corrected chi connectivity index (χ1v) is 4.88. The van der Waals surface area contributed by atoms with Gasteiger partial charge in [-0.2, -0.15) is 0 Å². The van der Waals surface area contributed by atoms with Gasteiger partial charge >= 0.3 is 0 Å². The van der Waals surface area contributed by atoms with Crippen molar-refractivity contribution in [1.29, 1.82) is 0 Å². The minimum Gasteiger partial charge on any atom is -0.396 e. The maximum atomic E-state index is 9.24. The van der Waals surface area contributed by atoms with Gasteiger partial charge in [0.15, 0.2) is 0 Å². The summed E-state index contributed by atoms with van der Waals surface area (Å²) in [7, 11) is 0. The molecule has 0 bridgehead atoms. The van der Waals surface area contributed by atoms with E-state index in [1.807, 2.05) is 6.92 Å². The van der Waals surface area contributed by atoms with Gasteiger partial charge in [0.05, 0.1) is 24.4 Å². The number of aliphatic hydroxyl groups is 2. The average Bonchev–Trinajstić information content (AvgIpc) is 2.29. The zero-order chi connectivity index (χ0) is 11.3. The van der Waals surface area contributed by atoms with Crippen molar-refractivity contribution in [2.75, 3.05) is 24.3 Å². The summed E-state index contributed by atoms with van der Waals surface area (Å²) < 4.78 is 0. The van der Waals surface area contributed by atoms with Gasteiger partial charge in [0.25, 0.3) is 0 Å². The lowest BCUT2D eigenvalue weighted by Crippen LogP contribution is -2.45. The quantitative estimate of drug-likeness (QED) is 0.559. The van der Waals surface area contributed by atoms with Crippen LogP contribution in [0.3, 0.4) is 0 Å². The van der Waals surface area contributed by atoms with Crippen LogP contribution in [0.5, 0.6) is 0 Å². The lowest BCUT2D eigenvalue weighted by molar-refractivity contribution is 0.132. The first kappa shape index (κ1) is 11.7. The predicted molar refractivity (Wildman–Crippen MR) is 59.5 cm³/mol. The minimum absolute atomic E-state index is 0.171. The number of nitrogens with zero attached hydrogens (tertiary/aromatic N) is 1. The van der Waals surface area contributed by atoms with Crippen molar-refractivity contribution in [1.82, 2.24) is 4.98 Å². The van der Waals surface area contributed by atoms with Crippen LogP contribution in [0.15, 0.2) is 18.3 Å². The Kier molecular flexibility index (Phi) is 3.88. The van der Waals surface area contributed by atoms with Crippen molar-refractivity contribution in [2.45, 2.75) is 18.9 Å². The second kappa shape index (κ2) is 4.95. The molecule has 0 atom stereocenters. The van der Waals surface area contributed by atoms with Gasteiger partial charge in [0.2, 0.25) is 0 Å². The summed E-state index contributed by atoms with van der Waals surface area (Å²) >= 11 is 0. The minimum atomic E-state index is -0.761. The van der Waals surface area contributed by atoms with Gasteiger partial charge in [-0.15, -0.1) is 0 Å². The van der Waals surface area contributed by atoms with Crippen molar-refractivity contribution in [2.24, 2.45) is 0 Å². The van der Waals surface area contributed by atoms with Crippen LogP contribution in [-0.4, -0.2) is 33.9 Å². The van der Waals surface area contributed by atoms with Crippen LogP contribution in [-0.2, 0) is 0 Å². The Morgan fingerprint density at radius 3 is 2.60 bits per heavy atom. The van der Waals surface area contributed by atoms with Gasteiger partial charge in [0.1, 0.15) is 5.82 Å². The van der Waals surface area contributed by atoms with Gasteiger partial charge < -0.3 is 21.3 Å². The lowest BCUT2D eigenvalue weighted by Gasteiger charge is -2.30. The summed E-state index contributed by atoms with van der Waals surface area (Å²) in [5.74, 6) is 0.488. The molecule has 0 aliphatic heterocycles. The van der Waals surface area contributed by atoms with Crippen molar-refractivity contribution in [3.8, 4) is 0 Å². The van der Waals surface area contributed by atoms with Gasteiger partial charge in [-0.3, -0.25) is 0 Å². The molecule has 5 nitrogen and oxygen atoms in total. The van der Waals surface area contributed by atoms with E-state index in [9.17, 15) is 10.2 Å². The fraction of sp³-hybridized carbons (Fsp3) is 0.500. The molecule has 0 aliphatic carbocycles. The van der Waals surface area contributed by atoms with Crippen LogP contribution >= 0.6 is 0 Å². The normalized spacial score (nSPS) is 11.4.